The summed E-state index contributed by atoms with van der Waals surface area (Å²) in [7, 11) is 0. The SMILES string of the molecule is c1ccc(-c2ccc3c(c2)c2cc(-c4ccc(N(c5ccc(-c6cccc7c6c6ccccc6n7-c6ccccc6)cc5)c5cccc6c5-c5ccccc5C65c6ccccc6-c6ccccc65)cc4)ccc2n3-c2ccccc2)cc1. The zero-order valence-electron chi connectivity index (χ0n) is 44.8. The average molecular weight is 1040 g/mol. The molecule has 3 heteroatoms. The summed E-state index contributed by atoms with van der Waals surface area (Å²) in [4.78, 5) is 2.50. The van der Waals surface area contributed by atoms with Crippen LogP contribution < -0.4 is 4.90 Å². The molecule has 0 N–H and O–H groups in total. The molecule has 0 fully saturated rings. The molecule has 0 bridgehead atoms. The third kappa shape index (κ3) is 6.71. The topological polar surface area (TPSA) is 13.1 Å². The Hall–Kier alpha value is -10.7. The van der Waals surface area contributed by atoms with Gasteiger partial charge in [-0.25, -0.2) is 0 Å². The smallest absolute Gasteiger partial charge is 0.0726 e. The van der Waals surface area contributed by atoms with E-state index in [2.05, 4.69) is 323 Å². The van der Waals surface area contributed by atoms with Gasteiger partial charge in [0.2, 0.25) is 0 Å². The van der Waals surface area contributed by atoms with E-state index in [0.717, 1.165) is 34.0 Å². The van der Waals surface area contributed by atoms with Crippen LogP contribution in [0.5, 0.6) is 0 Å². The minimum atomic E-state index is -0.476. The Morgan fingerprint density at radius 3 is 1.28 bits per heavy atom. The summed E-state index contributed by atoms with van der Waals surface area (Å²) in [5.41, 5.74) is 27.4. The standard InChI is InChI=1S/C79H51N3/c1-4-20-52(21-5-1)55-42-48-73-66(50-55)67-51-56(43-49-74(67)81(73)57-22-6-2-7-23-57)53-38-44-59(45-39-53)80(60-46-40-54(41-47-60)61-30-18-36-75-77(61)65-29-13-17-35-72(65)82(75)58-24-8-3-9-25-58)76-37-19-34-71-78(76)64-28-12-16-33-70(64)79(71)68-31-14-10-26-62(68)63-27-11-15-32-69(63)79/h1-51H. The van der Waals surface area contributed by atoms with Crippen LogP contribution in [0.25, 0.3) is 111 Å². The van der Waals surface area contributed by atoms with Gasteiger partial charge in [0.05, 0.1) is 33.2 Å². The molecule has 3 nitrogen and oxygen atoms in total. The summed E-state index contributed by atoms with van der Waals surface area (Å²) in [6.45, 7) is 0. The van der Waals surface area contributed by atoms with E-state index in [1.165, 1.54) is 116 Å². The lowest BCUT2D eigenvalue weighted by Gasteiger charge is -2.32. The van der Waals surface area contributed by atoms with Gasteiger partial charge in [-0.05, 0) is 163 Å². The fourth-order valence-electron chi connectivity index (χ4n) is 14.3. The predicted octanol–water partition coefficient (Wildman–Crippen LogP) is 20.7. The first-order valence-corrected chi connectivity index (χ1v) is 28.4. The van der Waals surface area contributed by atoms with Crippen LogP contribution in [0.2, 0.25) is 0 Å². The first-order valence-electron chi connectivity index (χ1n) is 28.4. The normalized spacial score (nSPS) is 12.7. The quantitative estimate of drug-likeness (QED) is 0.148. The summed E-state index contributed by atoms with van der Waals surface area (Å²) < 4.78 is 4.81. The lowest BCUT2D eigenvalue weighted by atomic mass is 9.70. The maximum Gasteiger partial charge on any atom is 0.0726 e. The molecule has 382 valence electrons. The van der Waals surface area contributed by atoms with Crippen LogP contribution in [0.4, 0.5) is 17.1 Å². The van der Waals surface area contributed by atoms with Crippen LogP contribution in [0.1, 0.15) is 22.3 Å². The fraction of sp³-hybridized carbons (Fsp3) is 0.0127. The predicted molar refractivity (Wildman–Crippen MR) is 342 cm³/mol. The number of hydrogen-bond donors (Lipinski definition) is 0. The molecule has 2 heterocycles. The molecule has 0 unspecified atom stereocenters. The van der Waals surface area contributed by atoms with Crippen molar-refractivity contribution in [2.45, 2.75) is 5.41 Å². The van der Waals surface area contributed by atoms with Gasteiger partial charge >= 0.3 is 0 Å². The molecule has 13 aromatic carbocycles. The third-order valence-electron chi connectivity index (χ3n) is 17.7. The largest absolute Gasteiger partial charge is 0.310 e. The van der Waals surface area contributed by atoms with E-state index in [1.54, 1.807) is 0 Å². The van der Waals surface area contributed by atoms with Crippen molar-refractivity contribution in [3.05, 3.63) is 332 Å². The molecule has 0 radical (unpaired) electrons. The van der Waals surface area contributed by atoms with Crippen molar-refractivity contribution in [3.8, 4) is 67.0 Å². The molecular formula is C79H51N3. The molecule has 0 atom stereocenters. The van der Waals surface area contributed by atoms with Crippen molar-refractivity contribution in [2.75, 3.05) is 4.90 Å². The van der Waals surface area contributed by atoms with Gasteiger partial charge in [0.25, 0.3) is 0 Å². The summed E-state index contributed by atoms with van der Waals surface area (Å²) in [5.74, 6) is 0. The number of fused-ring (bicyclic) bond motifs is 16. The van der Waals surface area contributed by atoms with Crippen LogP contribution in [0, 0.1) is 0 Å². The van der Waals surface area contributed by atoms with Gasteiger partial charge in [-0.3, -0.25) is 0 Å². The Kier molecular flexibility index (Phi) is 10.2. The molecule has 17 rings (SSSR count). The summed E-state index contributed by atoms with van der Waals surface area (Å²) >= 11 is 0. The van der Waals surface area contributed by atoms with Crippen molar-refractivity contribution < 1.29 is 0 Å². The van der Waals surface area contributed by atoms with Crippen molar-refractivity contribution in [2.24, 2.45) is 0 Å². The summed E-state index contributed by atoms with van der Waals surface area (Å²) in [5, 5.41) is 4.95. The second-order valence-electron chi connectivity index (χ2n) is 21.9. The van der Waals surface area contributed by atoms with Gasteiger partial charge in [0, 0.05) is 49.9 Å². The van der Waals surface area contributed by atoms with E-state index in [0.29, 0.717) is 0 Å². The van der Waals surface area contributed by atoms with Crippen LogP contribution >= 0.6 is 0 Å². The van der Waals surface area contributed by atoms with Crippen molar-refractivity contribution in [1.29, 1.82) is 0 Å². The van der Waals surface area contributed by atoms with E-state index in [1.807, 2.05) is 0 Å². The highest BCUT2D eigenvalue weighted by Gasteiger charge is 2.52. The number of benzene rings is 13. The number of aromatic nitrogens is 2. The molecule has 0 amide bonds. The maximum absolute atomic E-state index is 2.50. The van der Waals surface area contributed by atoms with Crippen LogP contribution in [-0.4, -0.2) is 9.13 Å². The van der Waals surface area contributed by atoms with Gasteiger partial charge in [0.15, 0.2) is 0 Å². The molecule has 0 saturated carbocycles. The Morgan fingerprint density at radius 1 is 0.256 bits per heavy atom. The van der Waals surface area contributed by atoms with Crippen molar-refractivity contribution in [3.63, 3.8) is 0 Å². The van der Waals surface area contributed by atoms with Crippen LogP contribution in [0.15, 0.2) is 309 Å². The molecular weight excluding hydrogens is 991 g/mol. The number of rotatable bonds is 8. The molecule has 2 aliphatic carbocycles. The zero-order valence-corrected chi connectivity index (χ0v) is 44.8. The van der Waals surface area contributed by atoms with E-state index in [4.69, 9.17) is 0 Å². The highest BCUT2D eigenvalue weighted by molar-refractivity contribution is 6.16. The highest BCUT2D eigenvalue weighted by atomic mass is 15.1. The van der Waals surface area contributed by atoms with Gasteiger partial charge in [-0.15, -0.1) is 0 Å². The van der Waals surface area contributed by atoms with Crippen molar-refractivity contribution in [1.82, 2.24) is 9.13 Å². The maximum atomic E-state index is 2.50. The molecule has 0 aliphatic heterocycles. The highest BCUT2D eigenvalue weighted by Crippen LogP contribution is 2.64. The first-order chi connectivity index (χ1) is 40.7. The van der Waals surface area contributed by atoms with E-state index < -0.39 is 5.41 Å². The Morgan fingerprint density at radius 2 is 0.671 bits per heavy atom. The zero-order chi connectivity index (χ0) is 53.9. The van der Waals surface area contributed by atoms with E-state index in [-0.39, 0.29) is 0 Å². The summed E-state index contributed by atoms with van der Waals surface area (Å²) in [6, 6.07) is 115. The first kappa shape index (κ1) is 46.2. The number of hydrogen-bond acceptors (Lipinski definition) is 1. The van der Waals surface area contributed by atoms with Crippen LogP contribution in [-0.2, 0) is 5.41 Å². The van der Waals surface area contributed by atoms with Crippen molar-refractivity contribution >= 4 is 60.7 Å². The number of para-hydroxylation sites is 3. The monoisotopic (exact) mass is 1040 g/mol. The van der Waals surface area contributed by atoms with E-state index >= 15 is 0 Å². The van der Waals surface area contributed by atoms with Gasteiger partial charge in [-0.1, -0.05) is 218 Å². The van der Waals surface area contributed by atoms with Crippen LogP contribution in [0.3, 0.4) is 0 Å². The average Bonchev–Trinajstić information content (AvgIpc) is 1.64. The molecule has 82 heavy (non-hydrogen) atoms. The van der Waals surface area contributed by atoms with Gasteiger partial charge < -0.3 is 14.0 Å². The number of anilines is 3. The van der Waals surface area contributed by atoms with Gasteiger partial charge in [-0.2, -0.15) is 0 Å². The molecule has 2 aliphatic rings. The minimum absolute atomic E-state index is 0.476. The Labute approximate surface area is 476 Å². The van der Waals surface area contributed by atoms with E-state index in [9.17, 15) is 0 Å². The minimum Gasteiger partial charge on any atom is -0.310 e. The fourth-order valence-corrected chi connectivity index (χ4v) is 14.3. The molecule has 1 spiro atoms. The molecule has 0 saturated heterocycles. The second-order valence-corrected chi connectivity index (χ2v) is 21.9. The lowest BCUT2D eigenvalue weighted by Crippen LogP contribution is -2.26. The lowest BCUT2D eigenvalue weighted by molar-refractivity contribution is 0.794. The molecule has 2 aromatic heterocycles. The Bertz CT molecular complexity index is 4970. The third-order valence-corrected chi connectivity index (χ3v) is 17.7. The molecule has 15 aromatic rings. The van der Waals surface area contributed by atoms with Gasteiger partial charge in [0.1, 0.15) is 0 Å². The second kappa shape index (κ2) is 18.2. The number of nitrogens with zero attached hydrogens (tertiary/aromatic N) is 3. The summed E-state index contributed by atoms with van der Waals surface area (Å²) in [6.07, 6.45) is 0. The Balaban J connectivity index is 0.844.